The molecule has 3 aliphatic carbocycles. The van der Waals surface area contributed by atoms with E-state index in [-0.39, 0.29) is 11.5 Å². The normalized spacial score (nSPS) is 30.2. The number of rotatable bonds is 5. The molecule has 1 aromatic rings. The molecule has 0 heterocycles. The summed E-state index contributed by atoms with van der Waals surface area (Å²) in [6.45, 7) is 2.32. The first-order valence-electron chi connectivity index (χ1n) is 11.3. The molecule has 0 aromatic heterocycles. The number of aliphatic carboxylic acids is 3. The van der Waals surface area contributed by atoms with Gasteiger partial charge in [0.25, 0.3) is 0 Å². The average molecular weight is 465 g/mol. The lowest BCUT2D eigenvalue weighted by Crippen LogP contribution is -2.43. The second-order valence-corrected chi connectivity index (χ2v) is 9.91. The van der Waals surface area contributed by atoms with E-state index >= 15 is 0 Å². The van der Waals surface area contributed by atoms with E-state index in [9.17, 15) is 24.6 Å². The zero-order chi connectivity index (χ0) is 24.6. The minimum atomic E-state index is -2.74. The molecule has 2 saturated carbocycles. The minimum absolute atomic E-state index is 0.0883. The number of phenols is 1. The van der Waals surface area contributed by atoms with Crippen LogP contribution in [0.2, 0.25) is 0 Å². The molecule has 0 spiro atoms. The molecule has 4 rings (SSSR count). The van der Waals surface area contributed by atoms with Crippen molar-refractivity contribution in [1.29, 1.82) is 0 Å². The Hall–Kier alpha value is -2.65. The smallest absolute Gasteiger partial charge is 0.336 e. The van der Waals surface area contributed by atoms with Crippen molar-refractivity contribution in [2.45, 2.75) is 75.9 Å². The van der Waals surface area contributed by atoms with Crippen molar-refractivity contribution in [1.82, 2.24) is 0 Å². The van der Waals surface area contributed by atoms with Crippen molar-refractivity contribution in [2.75, 3.05) is 0 Å². The summed E-state index contributed by atoms with van der Waals surface area (Å²) in [6.07, 6.45) is 4.49. The van der Waals surface area contributed by atoms with Crippen LogP contribution in [0.3, 0.4) is 0 Å². The summed E-state index contributed by atoms with van der Waals surface area (Å²) in [4.78, 5) is 30.5. The fourth-order valence-electron chi connectivity index (χ4n) is 6.26. The van der Waals surface area contributed by atoms with Crippen molar-refractivity contribution < 1.29 is 45.0 Å². The Morgan fingerprint density at radius 2 is 1.67 bits per heavy atom. The average Bonchev–Trinajstić information content (AvgIpc) is 3.01. The summed E-state index contributed by atoms with van der Waals surface area (Å²) in [5.41, 5.74) is 0.253. The summed E-state index contributed by atoms with van der Waals surface area (Å²) in [7, 11) is 0. The van der Waals surface area contributed by atoms with Gasteiger partial charge in [-0.25, -0.2) is 4.79 Å². The highest BCUT2D eigenvalue weighted by atomic mass is 16.4. The van der Waals surface area contributed by atoms with E-state index in [0.29, 0.717) is 17.6 Å². The van der Waals surface area contributed by atoms with Crippen LogP contribution in [0.4, 0.5) is 0 Å². The molecule has 0 aliphatic heterocycles. The first kappa shape index (κ1) is 25.0. The number of carbonyl (C=O) groups is 3. The third kappa shape index (κ3) is 4.99. The first-order valence-corrected chi connectivity index (χ1v) is 11.3. The van der Waals surface area contributed by atoms with E-state index in [2.05, 4.69) is 13.0 Å². The zero-order valence-corrected chi connectivity index (χ0v) is 18.6. The molecule has 2 fully saturated rings. The van der Waals surface area contributed by atoms with E-state index < -0.39 is 36.4 Å². The van der Waals surface area contributed by atoms with E-state index in [1.807, 2.05) is 12.1 Å². The molecule has 9 nitrogen and oxygen atoms in total. The molecule has 1 aromatic carbocycles. The molecule has 9 heteroatoms. The number of aryl methyl sites for hydroxylation is 1. The van der Waals surface area contributed by atoms with Crippen molar-refractivity contribution in [3.63, 3.8) is 0 Å². The summed E-state index contributed by atoms with van der Waals surface area (Å²) in [6, 6.07) is 5.96. The molecule has 0 amide bonds. The maximum Gasteiger partial charge on any atom is 0.336 e. The Morgan fingerprint density at radius 1 is 1.03 bits per heavy atom. The maximum absolute atomic E-state index is 10.4. The van der Waals surface area contributed by atoms with Crippen LogP contribution in [0.25, 0.3) is 0 Å². The van der Waals surface area contributed by atoms with E-state index in [1.54, 1.807) is 0 Å². The number of carboxylic acids is 3. The lowest BCUT2D eigenvalue weighted by Gasteiger charge is -2.50. The Morgan fingerprint density at radius 3 is 2.24 bits per heavy atom. The van der Waals surface area contributed by atoms with Gasteiger partial charge in [-0.05, 0) is 85.0 Å². The Kier molecular flexibility index (Phi) is 7.04. The van der Waals surface area contributed by atoms with E-state index in [1.165, 1.54) is 30.4 Å². The maximum atomic E-state index is 10.4. The molecule has 33 heavy (non-hydrogen) atoms. The zero-order valence-electron chi connectivity index (χ0n) is 18.6. The molecular formula is C24H32O9. The highest BCUT2D eigenvalue weighted by Crippen LogP contribution is 2.60. The van der Waals surface area contributed by atoms with Crippen LogP contribution >= 0.6 is 0 Å². The first-order chi connectivity index (χ1) is 15.4. The highest BCUT2D eigenvalue weighted by Gasteiger charge is 2.54. The lowest BCUT2D eigenvalue weighted by atomic mass is 9.55. The third-order valence-electron chi connectivity index (χ3n) is 7.95. The molecular weight excluding hydrogens is 432 g/mol. The van der Waals surface area contributed by atoms with Crippen LogP contribution in [0.15, 0.2) is 18.2 Å². The van der Waals surface area contributed by atoms with Crippen molar-refractivity contribution in [3.8, 4) is 5.75 Å². The molecule has 182 valence electrons. The number of hydrogen-bond donors (Lipinski definition) is 6. The summed E-state index contributed by atoms with van der Waals surface area (Å²) in [5.74, 6) is -2.53. The van der Waals surface area contributed by atoms with E-state index in [0.717, 1.165) is 25.2 Å². The molecule has 0 radical (unpaired) electrons. The highest BCUT2D eigenvalue weighted by molar-refractivity contribution is 5.88. The van der Waals surface area contributed by atoms with Gasteiger partial charge in [0.15, 0.2) is 5.60 Å². The number of benzene rings is 1. The van der Waals surface area contributed by atoms with Crippen molar-refractivity contribution >= 4 is 17.9 Å². The Labute approximate surface area is 191 Å². The van der Waals surface area contributed by atoms with Gasteiger partial charge in [-0.2, -0.15) is 0 Å². The van der Waals surface area contributed by atoms with Crippen LogP contribution in [-0.4, -0.2) is 60.3 Å². The van der Waals surface area contributed by atoms with Crippen LogP contribution in [-0.2, 0) is 20.8 Å². The van der Waals surface area contributed by atoms with Crippen LogP contribution < -0.4 is 0 Å². The van der Waals surface area contributed by atoms with Gasteiger partial charge >= 0.3 is 17.9 Å². The van der Waals surface area contributed by atoms with Gasteiger partial charge in [-0.1, -0.05) is 13.0 Å². The lowest BCUT2D eigenvalue weighted by molar-refractivity contribution is -0.170. The number of aliphatic hydroxyl groups is 2. The number of aromatic hydroxyl groups is 1. The topological polar surface area (TPSA) is 173 Å². The van der Waals surface area contributed by atoms with Crippen LogP contribution in [0, 0.1) is 17.3 Å². The standard InChI is InChI=1S/C18H24O2.C6H8O7/c1-18-9-8-14-13-5-3-12(19)10-11(13)2-4-15(14)16(18)6-7-17(18)20;7-3(8)1-6(13,5(11)12)2-4(9)10/h3,5,10,14-17,19-20H,2,4,6-9H2,1H3;13H,1-2H2,(H,7,8)(H,9,10)(H,11,12)/t14-,15-,16+,17?,18+;/m1./s1. The molecule has 0 saturated heterocycles. The monoisotopic (exact) mass is 464 g/mol. The molecule has 5 atom stereocenters. The SMILES string of the molecule is C[C@]12CC[C@@H]3c4ccc(O)cc4CC[C@H]3[C@@H]1CCC2O.O=C(O)CC(O)(CC(=O)O)C(=O)O. The molecule has 6 N–H and O–H groups in total. The van der Waals surface area contributed by atoms with Crippen LogP contribution in [0.5, 0.6) is 5.75 Å². The number of hydrogen-bond acceptors (Lipinski definition) is 6. The largest absolute Gasteiger partial charge is 0.508 e. The summed E-state index contributed by atoms with van der Waals surface area (Å²) in [5, 5.41) is 53.9. The van der Waals surface area contributed by atoms with Gasteiger partial charge in [0.05, 0.1) is 18.9 Å². The van der Waals surface area contributed by atoms with Gasteiger partial charge in [-0.15, -0.1) is 0 Å². The van der Waals surface area contributed by atoms with Crippen LogP contribution in [0.1, 0.15) is 68.9 Å². The fourth-order valence-corrected chi connectivity index (χ4v) is 6.26. The fraction of sp³-hybridized carbons (Fsp3) is 0.625. The van der Waals surface area contributed by atoms with Gasteiger partial charge in [-0.3, -0.25) is 9.59 Å². The predicted octanol–water partition coefficient (Wildman–Crippen LogP) is 2.36. The second-order valence-electron chi connectivity index (χ2n) is 9.91. The third-order valence-corrected chi connectivity index (χ3v) is 7.95. The Bertz CT molecular complexity index is 911. The number of fused-ring (bicyclic) bond motifs is 5. The molecule has 0 bridgehead atoms. The van der Waals surface area contributed by atoms with Gasteiger partial charge in [0, 0.05) is 0 Å². The number of aliphatic hydroxyl groups excluding tert-OH is 1. The van der Waals surface area contributed by atoms with Crippen molar-refractivity contribution in [3.05, 3.63) is 29.3 Å². The van der Waals surface area contributed by atoms with E-state index in [4.69, 9.17) is 20.4 Å². The summed E-state index contributed by atoms with van der Waals surface area (Å²) >= 11 is 0. The molecule has 1 unspecified atom stereocenters. The molecule has 3 aliphatic rings. The van der Waals surface area contributed by atoms with Gasteiger partial charge in [0.2, 0.25) is 0 Å². The number of carboxylic acid groups (broad SMARTS) is 3. The quantitative estimate of drug-likeness (QED) is 0.382. The second kappa shape index (κ2) is 9.30. The van der Waals surface area contributed by atoms with Crippen molar-refractivity contribution in [2.24, 2.45) is 17.3 Å². The summed E-state index contributed by atoms with van der Waals surface area (Å²) < 4.78 is 0. The van der Waals surface area contributed by atoms with Gasteiger partial charge < -0.3 is 30.6 Å². The Balaban J connectivity index is 0.000000207. The number of phenolic OH excluding ortho intramolecular Hbond substituents is 1. The predicted molar refractivity (Wildman–Crippen MR) is 116 cm³/mol. The minimum Gasteiger partial charge on any atom is -0.508 e. The van der Waals surface area contributed by atoms with Gasteiger partial charge in [0.1, 0.15) is 5.75 Å².